The number of anilines is 1. The van der Waals surface area contributed by atoms with Crippen LogP contribution in [0.3, 0.4) is 0 Å². The smallest absolute Gasteiger partial charge is 0.132 e. The van der Waals surface area contributed by atoms with Crippen LogP contribution in [0.1, 0.15) is 58.1 Å². The topological polar surface area (TPSA) is 29.0 Å². The van der Waals surface area contributed by atoms with E-state index < -0.39 is 0 Å². The molecule has 0 saturated carbocycles. The van der Waals surface area contributed by atoms with E-state index in [-0.39, 0.29) is 0 Å². The first-order chi connectivity index (χ1) is 9.08. The molecular weight excluding hydrogens is 302 g/mol. The molecule has 0 radical (unpaired) electrons. The quantitative estimate of drug-likeness (QED) is 0.779. The van der Waals surface area contributed by atoms with Crippen molar-refractivity contribution < 1.29 is 0 Å². The Bertz CT molecular complexity index is 406. The van der Waals surface area contributed by atoms with Gasteiger partial charge in [0.1, 0.15) is 12.1 Å². The van der Waals surface area contributed by atoms with Crippen LogP contribution in [0, 0.1) is 0 Å². The van der Waals surface area contributed by atoms with E-state index in [1.807, 2.05) is 0 Å². The molecule has 1 aromatic rings. The lowest BCUT2D eigenvalue weighted by atomic mass is 9.98. The summed E-state index contributed by atoms with van der Waals surface area (Å²) in [4.78, 5) is 11.9. The van der Waals surface area contributed by atoms with Crippen molar-refractivity contribution in [1.29, 1.82) is 0 Å². The van der Waals surface area contributed by atoms with Crippen molar-refractivity contribution >= 4 is 21.7 Å². The van der Waals surface area contributed by atoms with Crippen molar-refractivity contribution in [2.24, 2.45) is 0 Å². The maximum Gasteiger partial charge on any atom is 0.132 e. The molecule has 1 aliphatic rings. The van der Waals surface area contributed by atoms with Gasteiger partial charge >= 0.3 is 0 Å². The third-order valence-electron chi connectivity index (χ3n) is 3.78. The minimum Gasteiger partial charge on any atom is -0.353 e. The van der Waals surface area contributed by atoms with E-state index in [0.29, 0.717) is 16.8 Å². The van der Waals surface area contributed by atoms with Crippen molar-refractivity contribution in [3.05, 3.63) is 18.1 Å². The highest BCUT2D eigenvalue weighted by Crippen LogP contribution is 2.28. The second-order valence-corrected chi connectivity index (χ2v) is 7.38. The van der Waals surface area contributed by atoms with Crippen LogP contribution >= 0.6 is 15.9 Å². The Balaban J connectivity index is 2.19. The lowest BCUT2D eigenvalue weighted by Crippen LogP contribution is -2.41. The van der Waals surface area contributed by atoms with E-state index in [9.17, 15) is 0 Å². The summed E-state index contributed by atoms with van der Waals surface area (Å²) < 4.78 is 0. The van der Waals surface area contributed by atoms with Gasteiger partial charge in [0.05, 0.1) is 0 Å². The van der Waals surface area contributed by atoms with Gasteiger partial charge in [0, 0.05) is 29.2 Å². The fraction of sp³-hybridized carbons (Fsp3) is 0.733. The van der Waals surface area contributed by atoms with Gasteiger partial charge < -0.3 is 4.90 Å². The standard InChI is InChI=1S/C15H24BrN3/c1-11(2)14-9-15(18-10-17-14)19-7-5-4-6-13(19)8-12(3)16/h9-13H,4-8H2,1-3H3. The molecule has 3 nitrogen and oxygen atoms in total. The van der Waals surface area contributed by atoms with E-state index in [2.05, 4.69) is 57.6 Å². The molecule has 1 saturated heterocycles. The third kappa shape index (κ3) is 3.91. The summed E-state index contributed by atoms with van der Waals surface area (Å²) in [6.07, 6.45) is 6.78. The molecule has 4 heteroatoms. The van der Waals surface area contributed by atoms with Crippen LogP contribution in [0.25, 0.3) is 0 Å². The van der Waals surface area contributed by atoms with Gasteiger partial charge in [-0.25, -0.2) is 9.97 Å². The zero-order valence-corrected chi connectivity index (χ0v) is 13.7. The summed E-state index contributed by atoms with van der Waals surface area (Å²) in [6, 6.07) is 2.78. The number of alkyl halides is 1. The lowest BCUT2D eigenvalue weighted by molar-refractivity contribution is 0.436. The number of nitrogens with zero attached hydrogens (tertiary/aromatic N) is 3. The Hall–Kier alpha value is -0.640. The number of piperidine rings is 1. The van der Waals surface area contributed by atoms with Gasteiger partial charge in [0.25, 0.3) is 0 Å². The molecule has 1 fully saturated rings. The third-order valence-corrected chi connectivity index (χ3v) is 4.16. The molecule has 2 unspecified atom stereocenters. The number of hydrogen-bond donors (Lipinski definition) is 0. The molecule has 0 aromatic carbocycles. The summed E-state index contributed by atoms with van der Waals surface area (Å²) in [5.41, 5.74) is 1.14. The molecule has 2 heterocycles. The normalized spacial score (nSPS) is 21.7. The van der Waals surface area contributed by atoms with Crippen LogP contribution in [-0.4, -0.2) is 27.4 Å². The number of halogens is 1. The molecule has 1 aliphatic heterocycles. The number of aromatic nitrogens is 2. The van der Waals surface area contributed by atoms with Gasteiger partial charge in [-0.2, -0.15) is 0 Å². The van der Waals surface area contributed by atoms with E-state index in [4.69, 9.17) is 0 Å². The van der Waals surface area contributed by atoms with Gasteiger partial charge in [-0.15, -0.1) is 0 Å². The number of rotatable bonds is 4. The average molecular weight is 326 g/mol. The van der Waals surface area contributed by atoms with Crippen molar-refractivity contribution in [3.63, 3.8) is 0 Å². The van der Waals surface area contributed by atoms with E-state index >= 15 is 0 Å². The minimum absolute atomic E-state index is 0.458. The van der Waals surface area contributed by atoms with Crippen molar-refractivity contribution in [2.45, 2.75) is 63.2 Å². The van der Waals surface area contributed by atoms with Crippen LogP contribution in [0.2, 0.25) is 0 Å². The molecule has 2 rings (SSSR count). The first-order valence-corrected chi connectivity index (χ1v) is 8.22. The summed E-state index contributed by atoms with van der Waals surface area (Å²) in [5, 5.41) is 0. The van der Waals surface area contributed by atoms with Crippen LogP contribution in [0.15, 0.2) is 12.4 Å². The van der Waals surface area contributed by atoms with Crippen LogP contribution in [-0.2, 0) is 0 Å². The van der Waals surface area contributed by atoms with Gasteiger partial charge in [0.2, 0.25) is 0 Å². The average Bonchev–Trinajstić information content (AvgIpc) is 2.39. The molecule has 0 aliphatic carbocycles. The van der Waals surface area contributed by atoms with E-state index in [1.54, 1.807) is 6.33 Å². The summed E-state index contributed by atoms with van der Waals surface area (Å²) in [6.45, 7) is 7.71. The van der Waals surface area contributed by atoms with Crippen molar-refractivity contribution in [2.75, 3.05) is 11.4 Å². The van der Waals surface area contributed by atoms with Gasteiger partial charge in [-0.1, -0.05) is 36.7 Å². The van der Waals surface area contributed by atoms with Gasteiger partial charge in [-0.05, 0) is 31.6 Å². The predicted octanol–water partition coefficient (Wildman–Crippen LogP) is 4.13. The molecule has 0 bridgehead atoms. The number of hydrogen-bond acceptors (Lipinski definition) is 3. The van der Waals surface area contributed by atoms with Crippen LogP contribution < -0.4 is 4.90 Å². The highest BCUT2D eigenvalue weighted by atomic mass is 79.9. The van der Waals surface area contributed by atoms with Crippen molar-refractivity contribution in [1.82, 2.24) is 9.97 Å². The zero-order valence-electron chi connectivity index (χ0n) is 12.1. The Morgan fingerprint density at radius 2 is 2.11 bits per heavy atom. The molecule has 2 atom stereocenters. The summed E-state index contributed by atoms with van der Waals surface area (Å²) in [5.74, 6) is 1.57. The molecule has 1 aromatic heterocycles. The first kappa shape index (κ1) is 14.8. The predicted molar refractivity (Wildman–Crippen MR) is 84.1 cm³/mol. The molecule has 0 amide bonds. The zero-order chi connectivity index (χ0) is 13.8. The molecular formula is C15H24BrN3. The minimum atomic E-state index is 0.458. The maximum absolute atomic E-state index is 4.50. The Morgan fingerprint density at radius 3 is 2.79 bits per heavy atom. The molecule has 0 spiro atoms. The monoisotopic (exact) mass is 325 g/mol. The second-order valence-electron chi connectivity index (χ2n) is 5.82. The molecule has 19 heavy (non-hydrogen) atoms. The van der Waals surface area contributed by atoms with Crippen LogP contribution in [0.5, 0.6) is 0 Å². The molecule has 0 N–H and O–H groups in total. The lowest BCUT2D eigenvalue weighted by Gasteiger charge is -2.37. The SMILES string of the molecule is CC(Br)CC1CCCCN1c1cc(C(C)C)ncn1. The molecule has 106 valence electrons. The Morgan fingerprint density at radius 1 is 1.32 bits per heavy atom. The second kappa shape index (κ2) is 6.69. The first-order valence-electron chi connectivity index (χ1n) is 7.30. The van der Waals surface area contributed by atoms with Crippen molar-refractivity contribution in [3.8, 4) is 0 Å². The maximum atomic E-state index is 4.50. The van der Waals surface area contributed by atoms with Gasteiger partial charge in [-0.3, -0.25) is 0 Å². The Labute approximate surface area is 125 Å². The fourth-order valence-electron chi connectivity index (χ4n) is 2.76. The van der Waals surface area contributed by atoms with Gasteiger partial charge in [0.15, 0.2) is 0 Å². The highest BCUT2D eigenvalue weighted by Gasteiger charge is 2.25. The van der Waals surface area contributed by atoms with E-state index in [1.165, 1.54) is 25.7 Å². The largest absolute Gasteiger partial charge is 0.353 e. The summed E-state index contributed by atoms with van der Waals surface area (Å²) in [7, 11) is 0. The highest BCUT2D eigenvalue weighted by molar-refractivity contribution is 9.09. The summed E-state index contributed by atoms with van der Waals surface area (Å²) >= 11 is 3.69. The Kier molecular flexibility index (Phi) is 5.20. The van der Waals surface area contributed by atoms with Crippen LogP contribution in [0.4, 0.5) is 5.82 Å². The van der Waals surface area contributed by atoms with E-state index in [0.717, 1.165) is 18.1 Å². The fourth-order valence-corrected chi connectivity index (χ4v) is 3.19.